The Balaban J connectivity index is 1.67. The summed E-state index contributed by atoms with van der Waals surface area (Å²) in [5.74, 6) is -0.0798. The molecule has 0 unspecified atom stereocenters. The Labute approximate surface area is 140 Å². The van der Waals surface area contributed by atoms with Gasteiger partial charge in [0.15, 0.2) is 0 Å². The molecule has 0 radical (unpaired) electrons. The van der Waals surface area contributed by atoms with Crippen LogP contribution in [0.5, 0.6) is 0 Å². The van der Waals surface area contributed by atoms with Crippen LogP contribution in [0.1, 0.15) is 33.0 Å². The smallest absolute Gasteiger partial charge is 0.255 e. The van der Waals surface area contributed by atoms with E-state index in [1.807, 2.05) is 36.7 Å². The Morgan fingerprint density at radius 3 is 2.75 bits per heavy atom. The fraction of sp³-hybridized carbons (Fsp3) is 0.278. The molecule has 2 heterocycles. The topological polar surface area (TPSA) is 75.6 Å². The molecule has 6 nitrogen and oxygen atoms in total. The number of imidazole rings is 1. The molecule has 0 spiro atoms. The Hall–Kier alpha value is -2.89. The minimum Gasteiger partial charge on any atom is -0.352 e. The van der Waals surface area contributed by atoms with Crippen LogP contribution in [0.4, 0.5) is 0 Å². The molecule has 0 aliphatic heterocycles. The molecule has 0 aliphatic rings. The van der Waals surface area contributed by atoms with Gasteiger partial charge in [0, 0.05) is 30.6 Å². The van der Waals surface area contributed by atoms with E-state index in [4.69, 9.17) is 0 Å². The number of carbonyl (C=O) groups is 1. The van der Waals surface area contributed by atoms with Crippen molar-refractivity contribution in [2.24, 2.45) is 0 Å². The number of aromatic nitrogens is 4. The third kappa shape index (κ3) is 3.53. The lowest BCUT2D eigenvalue weighted by atomic mass is 10.1. The Morgan fingerprint density at radius 1 is 1.25 bits per heavy atom. The summed E-state index contributed by atoms with van der Waals surface area (Å²) < 4.78 is 1.88. The number of nitrogens with one attached hydrogen (secondary N) is 2. The van der Waals surface area contributed by atoms with Crippen LogP contribution < -0.4 is 5.32 Å². The third-order valence-electron chi connectivity index (χ3n) is 4.02. The number of aromatic amines is 1. The average molecular weight is 323 g/mol. The van der Waals surface area contributed by atoms with Gasteiger partial charge in [-0.3, -0.25) is 9.48 Å². The van der Waals surface area contributed by atoms with Crippen molar-refractivity contribution in [1.29, 1.82) is 0 Å². The Kier molecular flexibility index (Phi) is 4.74. The van der Waals surface area contributed by atoms with E-state index >= 15 is 0 Å². The monoisotopic (exact) mass is 323 g/mol. The molecule has 6 heteroatoms. The second-order valence-electron chi connectivity index (χ2n) is 5.77. The van der Waals surface area contributed by atoms with E-state index in [1.54, 1.807) is 12.5 Å². The van der Waals surface area contributed by atoms with Gasteiger partial charge < -0.3 is 10.3 Å². The average Bonchev–Trinajstić information content (AvgIpc) is 3.17. The molecule has 124 valence electrons. The minimum absolute atomic E-state index is 0.0798. The molecule has 0 bridgehead atoms. The van der Waals surface area contributed by atoms with E-state index < -0.39 is 0 Å². The summed E-state index contributed by atoms with van der Waals surface area (Å²) in [6.07, 6.45) is 4.13. The Bertz CT molecular complexity index is 806. The standard InChI is InChI=1S/C18H21N5O/c1-13-17(18(24)20-9-8-16-10-19-12-21-16)14(2)23(22-13)11-15-6-4-3-5-7-15/h3-7,10,12H,8-9,11H2,1-2H3,(H,19,21)(H,20,24). The zero-order chi connectivity index (χ0) is 16.9. The van der Waals surface area contributed by atoms with Crippen molar-refractivity contribution in [3.8, 4) is 0 Å². The minimum atomic E-state index is -0.0798. The van der Waals surface area contributed by atoms with Gasteiger partial charge >= 0.3 is 0 Å². The zero-order valence-corrected chi connectivity index (χ0v) is 13.9. The summed E-state index contributed by atoms with van der Waals surface area (Å²) in [6.45, 7) is 5.03. The van der Waals surface area contributed by atoms with Gasteiger partial charge in [0.1, 0.15) is 0 Å². The molecule has 3 aromatic rings. The van der Waals surface area contributed by atoms with E-state index in [2.05, 4.69) is 32.5 Å². The molecule has 24 heavy (non-hydrogen) atoms. The van der Waals surface area contributed by atoms with Crippen LogP contribution in [0.2, 0.25) is 0 Å². The van der Waals surface area contributed by atoms with Gasteiger partial charge in [0.25, 0.3) is 5.91 Å². The molecule has 3 rings (SSSR count). The maximum Gasteiger partial charge on any atom is 0.255 e. The number of hydrogen-bond donors (Lipinski definition) is 2. The van der Waals surface area contributed by atoms with Crippen molar-refractivity contribution in [1.82, 2.24) is 25.1 Å². The maximum absolute atomic E-state index is 12.5. The fourth-order valence-corrected chi connectivity index (χ4v) is 2.76. The lowest BCUT2D eigenvalue weighted by molar-refractivity contribution is 0.0952. The van der Waals surface area contributed by atoms with Gasteiger partial charge in [-0.05, 0) is 19.4 Å². The van der Waals surface area contributed by atoms with Crippen molar-refractivity contribution in [2.75, 3.05) is 6.54 Å². The SMILES string of the molecule is Cc1nn(Cc2ccccc2)c(C)c1C(=O)NCCc1cnc[nH]1. The van der Waals surface area contributed by atoms with Crippen LogP contribution in [-0.2, 0) is 13.0 Å². The predicted molar refractivity (Wildman–Crippen MR) is 91.9 cm³/mol. The number of benzene rings is 1. The highest BCUT2D eigenvalue weighted by atomic mass is 16.1. The van der Waals surface area contributed by atoms with Crippen molar-refractivity contribution in [3.63, 3.8) is 0 Å². The highest BCUT2D eigenvalue weighted by Crippen LogP contribution is 2.14. The highest BCUT2D eigenvalue weighted by Gasteiger charge is 2.18. The number of amides is 1. The van der Waals surface area contributed by atoms with Crippen molar-refractivity contribution < 1.29 is 4.79 Å². The normalized spacial score (nSPS) is 10.8. The second-order valence-corrected chi connectivity index (χ2v) is 5.77. The van der Waals surface area contributed by atoms with E-state index in [1.165, 1.54) is 0 Å². The molecule has 2 aromatic heterocycles. The van der Waals surface area contributed by atoms with Crippen LogP contribution >= 0.6 is 0 Å². The molecule has 2 N–H and O–H groups in total. The van der Waals surface area contributed by atoms with E-state index in [-0.39, 0.29) is 5.91 Å². The summed E-state index contributed by atoms with van der Waals surface area (Å²) >= 11 is 0. The van der Waals surface area contributed by atoms with Crippen molar-refractivity contribution in [2.45, 2.75) is 26.8 Å². The third-order valence-corrected chi connectivity index (χ3v) is 4.02. The highest BCUT2D eigenvalue weighted by molar-refractivity contribution is 5.96. The van der Waals surface area contributed by atoms with Gasteiger partial charge in [0.2, 0.25) is 0 Å². The lowest BCUT2D eigenvalue weighted by Gasteiger charge is -2.07. The van der Waals surface area contributed by atoms with E-state index in [0.717, 1.165) is 29.1 Å². The molecular formula is C18H21N5O. The van der Waals surface area contributed by atoms with Gasteiger partial charge in [-0.15, -0.1) is 0 Å². The molecule has 0 saturated heterocycles. The first-order chi connectivity index (χ1) is 11.6. The largest absolute Gasteiger partial charge is 0.352 e. The number of carbonyl (C=O) groups excluding carboxylic acids is 1. The molecule has 1 aromatic carbocycles. The Morgan fingerprint density at radius 2 is 2.04 bits per heavy atom. The summed E-state index contributed by atoms with van der Waals surface area (Å²) in [7, 11) is 0. The van der Waals surface area contributed by atoms with E-state index in [0.29, 0.717) is 18.7 Å². The summed E-state index contributed by atoms with van der Waals surface area (Å²) in [5, 5.41) is 7.48. The van der Waals surface area contributed by atoms with Crippen LogP contribution in [0.15, 0.2) is 42.9 Å². The first-order valence-electron chi connectivity index (χ1n) is 7.98. The van der Waals surface area contributed by atoms with Crippen LogP contribution in [0, 0.1) is 13.8 Å². The first-order valence-corrected chi connectivity index (χ1v) is 7.98. The molecule has 0 saturated carbocycles. The molecular weight excluding hydrogens is 302 g/mol. The number of aryl methyl sites for hydroxylation is 1. The van der Waals surface area contributed by atoms with Gasteiger partial charge in [-0.25, -0.2) is 4.98 Å². The van der Waals surface area contributed by atoms with Crippen molar-refractivity contribution in [3.05, 3.63) is 71.1 Å². The van der Waals surface area contributed by atoms with Gasteiger partial charge in [-0.2, -0.15) is 5.10 Å². The quantitative estimate of drug-likeness (QED) is 0.730. The van der Waals surface area contributed by atoms with Crippen molar-refractivity contribution >= 4 is 5.91 Å². The van der Waals surface area contributed by atoms with E-state index in [9.17, 15) is 4.79 Å². The van der Waals surface area contributed by atoms with Crippen LogP contribution in [0.25, 0.3) is 0 Å². The fourth-order valence-electron chi connectivity index (χ4n) is 2.76. The van der Waals surface area contributed by atoms with Gasteiger partial charge in [-0.1, -0.05) is 30.3 Å². The molecule has 1 amide bonds. The summed E-state index contributed by atoms with van der Waals surface area (Å²) in [5.41, 5.74) is 4.46. The molecule has 0 atom stereocenters. The second kappa shape index (κ2) is 7.12. The number of H-pyrrole nitrogens is 1. The van der Waals surface area contributed by atoms with Gasteiger partial charge in [0.05, 0.1) is 24.1 Å². The first kappa shape index (κ1) is 16.0. The predicted octanol–water partition coefficient (Wildman–Crippen LogP) is 2.24. The zero-order valence-electron chi connectivity index (χ0n) is 13.9. The molecule has 0 fully saturated rings. The lowest BCUT2D eigenvalue weighted by Crippen LogP contribution is -2.26. The van der Waals surface area contributed by atoms with Crippen LogP contribution in [-0.4, -0.2) is 32.2 Å². The number of hydrogen-bond acceptors (Lipinski definition) is 3. The van der Waals surface area contributed by atoms with Crippen LogP contribution in [0.3, 0.4) is 0 Å². The summed E-state index contributed by atoms with van der Waals surface area (Å²) in [6, 6.07) is 10.1. The maximum atomic E-state index is 12.5. The number of nitrogens with zero attached hydrogens (tertiary/aromatic N) is 3. The summed E-state index contributed by atoms with van der Waals surface area (Å²) in [4.78, 5) is 19.5. The molecule has 0 aliphatic carbocycles. The number of rotatable bonds is 6.